The predicted molar refractivity (Wildman–Crippen MR) is 88.6 cm³/mol. The van der Waals surface area contributed by atoms with E-state index in [1.165, 1.54) is 6.07 Å². The van der Waals surface area contributed by atoms with Gasteiger partial charge in [-0.15, -0.1) is 0 Å². The van der Waals surface area contributed by atoms with Gasteiger partial charge in [-0.25, -0.2) is 9.37 Å². The second kappa shape index (κ2) is 8.32. The molecule has 0 saturated carbocycles. The van der Waals surface area contributed by atoms with Crippen molar-refractivity contribution >= 4 is 11.8 Å². The van der Waals surface area contributed by atoms with Crippen LogP contribution in [0.4, 0.5) is 16.2 Å². The molecule has 0 fully saturated rings. The van der Waals surface area contributed by atoms with Crippen molar-refractivity contribution in [3.8, 4) is 0 Å². The number of nitrogens with one attached hydrogen (secondary N) is 1. The van der Waals surface area contributed by atoms with Crippen molar-refractivity contribution in [2.75, 3.05) is 23.3 Å². The van der Waals surface area contributed by atoms with Crippen LogP contribution in [0.25, 0.3) is 0 Å². The summed E-state index contributed by atoms with van der Waals surface area (Å²) in [6.45, 7) is 6.56. The lowest BCUT2D eigenvalue weighted by atomic mass is 10.2. The molecule has 0 bridgehead atoms. The molecule has 0 spiro atoms. The lowest BCUT2D eigenvalue weighted by Gasteiger charge is -2.21. The van der Waals surface area contributed by atoms with Crippen LogP contribution in [0.15, 0.2) is 36.5 Å². The topological polar surface area (TPSA) is 41.1 Å². The summed E-state index contributed by atoms with van der Waals surface area (Å²) >= 11 is 0. The molecule has 0 radical (unpaired) electrons. The highest BCUT2D eigenvalue weighted by Gasteiger charge is 2.08. The van der Waals surface area contributed by atoms with Crippen molar-refractivity contribution in [3.05, 3.63) is 47.9 Å². The van der Waals surface area contributed by atoms with Crippen molar-refractivity contribution in [3.63, 3.8) is 0 Å². The summed E-state index contributed by atoms with van der Waals surface area (Å²) in [7, 11) is 0. The third-order valence-corrected chi connectivity index (χ3v) is 3.33. The SMILES string of the molecule is CCCN(CCC)c1nccc(NCc2ccccc2F)n1. The van der Waals surface area contributed by atoms with E-state index in [0.717, 1.165) is 31.9 Å². The first kappa shape index (κ1) is 16.2. The van der Waals surface area contributed by atoms with Crippen LogP contribution in [-0.2, 0) is 6.54 Å². The van der Waals surface area contributed by atoms with Gasteiger partial charge in [0.1, 0.15) is 11.6 Å². The highest BCUT2D eigenvalue weighted by Crippen LogP contribution is 2.14. The lowest BCUT2D eigenvalue weighted by molar-refractivity contribution is 0.613. The predicted octanol–water partition coefficient (Wildman–Crippen LogP) is 3.85. The Kier molecular flexibility index (Phi) is 6.13. The van der Waals surface area contributed by atoms with Gasteiger partial charge in [0, 0.05) is 31.4 Å². The third-order valence-electron chi connectivity index (χ3n) is 3.33. The van der Waals surface area contributed by atoms with E-state index in [1.807, 2.05) is 6.07 Å². The van der Waals surface area contributed by atoms with E-state index >= 15 is 0 Å². The van der Waals surface area contributed by atoms with Crippen LogP contribution in [0, 0.1) is 5.82 Å². The average Bonchev–Trinajstić information content (AvgIpc) is 2.54. The maximum absolute atomic E-state index is 13.6. The zero-order valence-electron chi connectivity index (χ0n) is 13.2. The van der Waals surface area contributed by atoms with Gasteiger partial charge in [0.05, 0.1) is 0 Å². The van der Waals surface area contributed by atoms with Gasteiger partial charge in [-0.3, -0.25) is 0 Å². The zero-order chi connectivity index (χ0) is 15.8. The van der Waals surface area contributed by atoms with Crippen LogP contribution in [-0.4, -0.2) is 23.1 Å². The highest BCUT2D eigenvalue weighted by molar-refractivity contribution is 5.41. The van der Waals surface area contributed by atoms with Crippen LogP contribution in [0.5, 0.6) is 0 Å². The summed E-state index contributed by atoms with van der Waals surface area (Å²) < 4.78 is 13.6. The van der Waals surface area contributed by atoms with Gasteiger partial charge in [-0.05, 0) is 25.0 Å². The monoisotopic (exact) mass is 302 g/mol. The summed E-state index contributed by atoms with van der Waals surface area (Å²) in [5.74, 6) is 1.23. The molecule has 4 nitrogen and oxygen atoms in total. The van der Waals surface area contributed by atoms with E-state index in [4.69, 9.17) is 0 Å². The molecule has 0 amide bonds. The van der Waals surface area contributed by atoms with E-state index in [0.29, 0.717) is 17.9 Å². The van der Waals surface area contributed by atoms with Crippen LogP contribution in [0.1, 0.15) is 32.3 Å². The van der Waals surface area contributed by atoms with E-state index in [-0.39, 0.29) is 5.82 Å². The van der Waals surface area contributed by atoms with E-state index in [1.54, 1.807) is 24.4 Å². The molecule has 1 N–H and O–H groups in total. The Bertz CT molecular complexity index is 582. The Morgan fingerprint density at radius 2 is 1.82 bits per heavy atom. The minimum Gasteiger partial charge on any atom is -0.366 e. The summed E-state index contributed by atoms with van der Waals surface area (Å²) in [5, 5.41) is 3.16. The average molecular weight is 302 g/mol. The second-order valence-electron chi connectivity index (χ2n) is 5.17. The first-order valence-electron chi connectivity index (χ1n) is 7.79. The molecule has 0 aliphatic rings. The molecule has 1 aromatic heterocycles. The number of aromatic nitrogens is 2. The third kappa shape index (κ3) is 4.41. The number of benzene rings is 1. The van der Waals surface area contributed by atoms with Gasteiger partial charge >= 0.3 is 0 Å². The Morgan fingerprint density at radius 3 is 2.50 bits per heavy atom. The smallest absolute Gasteiger partial charge is 0.227 e. The molecule has 2 aromatic rings. The van der Waals surface area contributed by atoms with Gasteiger partial charge < -0.3 is 10.2 Å². The molecule has 2 rings (SSSR count). The Labute approximate surface area is 131 Å². The summed E-state index contributed by atoms with van der Waals surface area (Å²) in [6, 6.07) is 8.56. The molecule has 1 aromatic carbocycles. The molecule has 118 valence electrons. The van der Waals surface area contributed by atoms with Gasteiger partial charge in [0.15, 0.2) is 0 Å². The fourth-order valence-corrected chi connectivity index (χ4v) is 2.28. The standard InChI is InChI=1S/C17H23FN4/c1-3-11-22(12-4-2)17-19-10-9-16(21-17)20-13-14-7-5-6-8-15(14)18/h5-10H,3-4,11-13H2,1-2H3,(H,19,20,21). The molecule has 22 heavy (non-hydrogen) atoms. The van der Waals surface area contributed by atoms with Crippen molar-refractivity contribution < 1.29 is 4.39 Å². The summed E-state index contributed by atoms with van der Waals surface area (Å²) in [4.78, 5) is 11.1. The fraction of sp³-hybridized carbons (Fsp3) is 0.412. The fourth-order valence-electron chi connectivity index (χ4n) is 2.28. The lowest BCUT2D eigenvalue weighted by Crippen LogP contribution is -2.27. The van der Waals surface area contributed by atoms with Gasteiger partial charge in [0.2, 0.25) is 5.95 Å². The van der Waals surface area contributed by atoms with Crippen LogP contribution in [0.3, 0.4) is 0 Å². The normalized spacial score (nSPS) is 10.5. The molecule has 0 atom stereocenters. The number of anilines is 2. The molecule has 0 aliphatic carbocycles. The van der Waals surface area contributed by atoms with Crippen molar-refractivity contribution in [2.45, 2.75) is 33.2 Å². The first-order chi connectivity index (χ1) is 10.7. The molecular formula is C17H23FN4. The van der Waals surface area contributed by atoms with Crippen LogP contribution >= 0.6 is 0 Å². The van der Waals surface area contributed by atoms with Gasteiger partial charge in [0.25, 0.3) is 0 Å². The van der Waals surface area contributed by atoms with Crippen molar-refractivity contribution in [1.29, 1.82) is 0 Å². The maximum atomic E-state index is 13.6. The minimum atomic E-state index is -0.206. The molecule has 0 saturated heterocycles. The number of nitrogens with zero attached hydrogens (tertiary/aromatic N) is 3. The van der Waals surface area contributed by atoms with E-state index in [9.17, 15) is 4.39 Å². The van der Waals surface area contributed by atoms with Gasteiger partial charge in [-0.2, -0.15) is 4.98 Å². The summed E-state index contributed by atoms with van der Waals surface area (Å²) in [6.07, 6.45) is 3.84. The second-order valence-corrected chi connectivity index (χ2v) is 5.17. The minimum absolute atomic E-state index is 0.206. The maximum Gasteiger partial charge on any atom is 0.227 e. The molecule has 0 unspecified atom stereocenters. The summed E-state index contributed by atoms with van der Waals surface area (Å²) in [5.41, 5.74) is 0.627. The number of hydrogen-bond acceptors (Lipinski definition) is 4. The van der Waals surface area contributed by atoms with Crippen molar-refractivity contribution in [1.82, 2.24) is 9.97 Å². The first-order valence-corrected chi connectivity index (χ1v) is 7.79. The number of rotatable bonds is 8. The Morgan fingerprint density at radius 1 is 1.09 bits per heavy atom. The highest BCUT2D eigenvalue weighted by atomic mass is 19.1. The van der Waals surface area contributed by atoms with Crippen molar-refractivity contribution in [2.24, 2.45) is 0 Å². The molecule has 5 heteroatoms. The quantitative estimate of drug-likeness (QED) is 0.804. The largest absolute Gasteiger partial charge is 0.366 e. The number of halogens is 1. The molecular weight excluding hydrogens is 279 g/mol. The Balaban J connectivity index is 2.06. The Hall–Kier alpha value is -2.17. The molecule has 1 heterocycles. The van der Waals surface area contributed by atoms with Crippen LogP contribution in [0.2, 0.25) is 0 Å². The van der Waals surface area contributed by atoms with Crippen LogP contribution < -0.4 is 10.2 Å². The van der Waals surface area contributed by atoms with E-state index in [2.05, 4.69) is 34.0 Å². The number of hydrogen-bond donors (Lipinski definition) is 1. The molecule has 0 aliphatic heterocycles. The van der Waals surface area contributed by atoms with E-state index < -0.39 is 0 Å². The zero-order valence-corrected chi connectivity index (χ0v) is 13.2. The van der Waals surface area contributed by atoms with Gasteiger partial charge in [-0.1, -0.05) is 32.0 Å².